The molecule has 1 heterocycles. The molecule has 4 aromatic rings. The zero-order chi connectivity index (χ0) is 24.6. The third kappa shape index (κ3) is 5.66. The van der Waals surface area contributed by atoms with Gasteiger partial charge in [0.05, 0.1) is 38.1 Å². The quantitative estimate of drug-likeness (QED) is 0.349. The number of imidazole rings is 1. The Hall–Kier alpha value is -4.20. The molecule has 8 nitrogen and oxygen atoms in total. The van der Waals surface area contributed by atoms with Crippen LogP contribution in [0.15, 0.2) is 66.7 Å². The van der Waals surface area contributed by atoms with E-state index in [0.717, 1.165) is 29.7 Å². The first-order valence-corrected chi connectivity index (χ1v) is 11.5. The van der Waals surface area contributed by atoms with Gasteiger partial charge in [-0.25, -0.2) is 9.78 Å². The second kappa shape index (κ2) is 11.3. The Balaban J connectivity index is 1.42. The van der Waals surface area contributed by atoms with Gasteiger partial charge in [0.2, 0.25) is 5.75 Å². The van der Waals surface area contributed by atoms with Crippen LogP contribution in [-0.2, 0) is 19.4 Å². The van der Waals surface area contributed by atoms with E-state index in [1.54, 1.807) is 12.1 Å². The van der Waals surface area contributed by atoms with E-state index in [-0.39, 0.29) is 6.03 Å². The maximum absolute atomic E-state index is 12.6. The minimum Gasteiger partial charge on any atom is -0.493 e. The number of benzene rings is 3. The van der Waals surface area contributed by atoms with Crippen molar-refractivity contribution in [3.05, 3.63) is 78.1 Å². The van der Waals surface area contributed by atoms with Crippen molar-refractivity contribution >= 4 is 22.8 Å². The fourth-order valence-electron chi connectivity index (χ4n) is 4.08. The molecule has 1 aromatic heterocycles. The molecule has 4 rings (SSSR count). The van der Waals surface area contributed by atoms with Crippen LogP contribution in [0.5, 0.6) is 17.2 Å². The van der Waals surface area contributed by atoms with Crippen LogP contribution in [0, 0.1) is 0 Å². The Morgan fingerprint density at radius 3 is 2.26 bits per heavy atom. The Bertz CT molecular complexity index is 1260. The molecule has 0 aliphatic heterocycles. The summed E-state index contributed by atoms with van der Waals surface area (Å²) in [5.74, 6) is 2.41. The average Bonchev–Trinajstić information content (AvgIpc) is 3.24. The summed E-state index contributed by atoms with van der Waals surface area (Å²) in [6, 6.07) is 21.5. The smallest absolute Gasteiger partial charge is 0.319 e. The van der Waals surface area contributed by atoms with Crippen molar-refractivity contribution in [3.8, 4) is 17.2 Å². The Morgan fingerprint density at radius 1 is 0.886 bits per heavy atom. The summed E-state index contributed by atoms with van der Waals surface area (Å²) >= 11 is 0. The second-order valence-electron chi connectivity index (χ2n) is 7.95. The maximum Gasteiger partial charge on any atom is 0.319 e. The minimum absolute atomic E-state index is 0.325. The van der Waals surface area contributed by atoms with Gasteiger partial charge in [0, 0.05) is 31.6 Å². The number of urea groups is 1. The highest BCUT2D eigenvalue weighted by Crippen LogP contribution is 2.39. The number of carbonyl (C=O) groups is 1. The molecule has 0 saturated heterocycles. The van der Waals surface area contributed by atoms with Gasteiger partial charge in [-0.05, 0) is 24.1 Å². The molecular weight excluding hydrogens is 444 g/mol. The van der Waals surface area contributed by atoms with E-state index in [9.17, 15) is 4.79 Å². The van der Waals surface area contributed by atoms with Gasteiger partial charge in [0.25, 0.3) is 0 Å². The number of nitrogens with zero attached hydrogens (tertiary/aromatic N) is 2. The van der Waals surface area contributed by atoms with Crippen molar-refractivity contribution in [2.75, 3.05) is 33.2 Å². The predicted molar refractivity (Wildman–Crippen MR) is 137 cm³/mol. The molecular formula is C27H30N4O4. The lowest BCUT2D eigenvalue weighted by Crippen LogP contribution is -2.31. The van der Waals surface area contributed by atoms with Crippen LogP contribution in [0.25, 0.3) is 11.0 Å². The standard InChI is InChI=1S/C27H30N4O4/c1-33-23-17-20(18-24(34-2)26(23)35-3)29-27(32)28-15-16-31-22-12-8-7-11-21(22)30-25(31)14-13-19-9-5-4-6-10-19/h4-12,17-18H,13-16H2,1-3H3,(H2,28,29,32). The first-order chi connectivity index (χ1) is 17.1. The summed E-state index contributed by atoms with van der Waals surface area (Å²) in [5, 5.41) is 5.76. The highest BCUT2D eigenvalue weighted by Gasteiger charge is 2.15. The number of aryl methyl sites for hydroxylation is 2. The molecule has 0 fully saturated rings. The van der Waals surface area contributed by atoms with Crippen LogP contribution in [0.4, 0.5) is 10.5 Å². The summed E-state index contributed by atoms with van der Waals surface area (Å²) in [6.07, 6.45) is 1.72. The third-order valence-corrected chi connectivity index (χ3v) is 5.76. The average molecular weight is 475 g/mol. The normalized spacial score (nSPS) is 10.7. The molecule has 0 aliphatic rings. The predicted octanol–water partition coefficient (Wildman–Crippen LogP) is 4.67. The molecule has 0 saturated carbocycles. The molecule has 8 heteroatoms. The highest BCUT2D eigenvalue weighted by molar-refractivity contribution is 5.90. The lowest BCUT2D eigenvalue weighted by molar-refractivity contribution is 0.251. The number of hydrogen-bond acceptors (Lipinski definition) is 5. The van der Waals surface area contributed by atoms with Gasteiger partial charge in [0.1, 0.15) is 5.82 Å². The van der Waals surface area contributed by atoms with Crippen LogP contribution in [0.3, 0.4) is 0 Å². The molecule has 0 radical (unpaired) electrons. The lowest BCUT2D eigenvalue weighted by atomic mass is 10.1. The molecule has 182 valence electrons. The fourth-order valence-corrected chi connectivity index (χ4v) is 4.08. The van der Waals surface area contributed by atoms with Gasteiger partial charge in [-0.2, -0.15) is 0 Å². The van der Waals surface area contributed by atoms with E-state index < -0.39 is 0 Å². The number of fused-ring (bicyclic) bond motifs is 1. The summed E-state index contributed by atoms with van der Waals surface area (Å²) in [5.41, 5.74) is 3.82. The molecule has 0 bridgehead atoms. The van der Waals surface area contributed by atoms with E-state index in [4.69, 9.17) is 19.2 Å². The molecule has 0 atom stereocenters. The van der Waals surface area contributed by atoms with E-state index in [0.29, 0.717) is 36.0 Å². The molecule has 2 N–H and O–H groups in total. The largest absolute Gasteiger partial charge is 0.493 e. The number of para-hydroxylation sites is 2. The Labute approximate surface area is 204 Å². The summed E-state index contributed by atoms with van der Waals surface area (Å²) in [7, 11) is 4.60. The van der Waals surface area contributed by atoms with Crippen molar-refractivity contribution in [3.63, 3.8) is 0 Å². The molecule has 2 amide bonds. The zero-order valence-corrected chi connectivity index (χ0v) is 20.2. The molecule has 35 heavy (non-hydrogen) atoms. The Morgan fingerprint density at radius 2 is 1.57 bits per heavy atom. The first-order valence-electron chi connectivity index (χ1n) is 11.5. The van der Waals surface area contributed by atoms with Gasteiger partial charge >= 0.3 is 6.03 Å². The van der Waals surface area contributed by atoms with Crippen molar-refractivity contribution < 1.29 is 19.0 Å². The van der Waals surface area contributed by atoms with Gasteiger partial charge in [-0.1, -0.05) is 42.5 Å². The van der Waals surface area contributed by atoms with Gasteiger partial charge in [0.15, 0.2) is 11.5 Å². The number of methoxy groups -OCH3 is 3. The number of anilines is 1. The number of rotatable bonds is 10. The van der Waals surface area contributed by atoms with Crippen LogP contribution in [-0.4, -0.2) is 43.5 Å². The molecule has 0 aliphatic carbocycles. The number of ether oxygens (including phenoxy) is 3. The van der Waals surface area contributed by atoms with Crippen molar-refractivity contribution in [1.29, 1.82) is 0 Å². The number of aromatic nitrogens is 2. The molecule has 0 spiro atoms. The summed E-state index contributed by atoms with van der Waals surface area (Å²) < 4.78 is 18.2. The topological polar surface area (TPSA) is 86.6 Å². The van der Waals surface area contributed by atoms with E-state index in [2.05, 4.69) is 45.5 Å². The first kappa shape index (κ1) is 23.9. The third-order valence-electron chi connectivity index (χ3n) is 5.76. The van der Waals surface area contributed by atoms with Crippen LogP contribution in [0.2, 0.25) is 0 Å². The Kier molecular flexibility index (Phi) is 7.72. The van der Waals surface area contributed by atoms with E-state index in [1.165, 1.54) is 26.9 Å². The van der Waals surface area contributed by atoms with Crippen LogP contribution < -0.4 is 24.8 Å². The highest BCUT2D eigenvalue weighted by atomic mass is 16.5. The van der Waals surface area contributed by atoms with E-state index in [1.807, 2.05) is 24.3 Å². The summed E-state index contributed by atoms with van der Waals surface area (Å²) in [6.45, 7) is 1.04. The van der Waals surface area contributed by atoms with Crippen LogP contribution in [0.1, 0.15) is 11.4 Å². The number of hydrogen-bond donors (Lipinski definition) is 2. The second-order valence-corrected chi connectivity index (χ2v) is 7.95. The van der Waals surface area contributed by atoms with Crippen LogP contribution >= 0.6 is 0 Å². The zero-order valence-electron chi connectivity index (χ0n) is 20.2. The number of amides is 2. The summed E-state index contributed by atoms with van der Waals surface area (Å²) in [4.78, 5) is 17.4. The molecule has 3 aromatic carbocycles. The van der Waals surface area contributed by atoms with Crippen molar-refractivity contribution in [1.82, 2.24) is 14.9 Å². The molecule has 0 unspecified atom stereocenters. The van der Waals surface area contributed by atoms with E-state index >= 15 is 0 Å². The SMILES string of the molecule is COc1cc(NC(=O)NCCn2c(CCc3ccccc3)nc3ccccc32)cc(OC)c1OC. The van der Waals surface area contributed by atoms with Gasteiger partial charge in [-0.3, -0.25) is 0 Å². The lowest BCUT2D eigenvalue weighted by Gasteiger charge is -2.15. The van der Waals surface area contributed by atoms with Crippen molar-refractivity contribution in [2.24, 2.45) is 0 Å². The minimum atomic E-state index is -0.325. The fraction of sp³-hybridized carbons (Fsp3) is 0.259. The van der Waals surface area contributed by atoms with Gasteiger partial charge in [-0.15, -0.1) is 0 Å². The number of carbonyl (C=O) groups excluding carboxylic acids is 1. The maximum atomic E-state index is 12.6. The van der Waals surface area contributed by atoms with Gasteiger partial charge < -0.3 is 29.4 Å². The number of nitrogens with one attached hydrogen (secondary N) is 2. The monoisotopic (exact) mass is 474 g/mol. The van der Waals surface area contributed by atoms with Crippen molar-refractivity contribution in [2.45, 2.75) is 19.4 Å².